The molecular weight excluding hydrogens is 238 g/mol. The van der Waals surface area contributed by atoms with Crippen molar-refractivity contribution in [1.29, 1.82) is 0 Å². The first kappa shape index (κ1) is 16.1. The maximum absolute atomic E-state index is 3.65. The quantitative estimate of drug-likeness (QED) is 0.489. The summed E-state index contributed by atoms with van der Waals surface area (Å²) in [6.07, 6.45) is 12.9. The van der Waals surface area contributed by atoms with Gasteiger partial charge in [0, 0.05) is 0 Å². The zero-order valence-electron chi connectivity index (χ0n) is 12.5. The minimum Gasteiger partial charge on any atom is -0.316 e. The molecule has 0 aromatic carbocycles. The number of thioether (sulfide) groups is 1. The second kappa shape index (κ2) is 9.91. The van der Waals surface area contributed by atoms with Gasteiger partial charge in [-0.15, -0.1) is 0 Å². The number of hydrogen-bond acceptors (Lipinski definition) is 2. The van der Waals surface area contributed by atoms with E-state index in [2.05, 4.69) is 31.5 Å². The number of hydrogen-bond donors (Lipinski definition) is 1. The molecule has 2 atom stereocenters. The maximum Gasteiger partial charge on any atom is -0.00172 e. The van der Waals surface area contributed by atoms with Gasteiger partial charge in [0.1, 0.15) is 0 Å². The van der Waals surface area contributed by atoms with E-state index in [0.29, 0.717) is 0 Å². The Bertz CT molecular complexity index is 237. The predicted octanol–water partition coefficient (Wildman–Crippen LogP) is 4.49. The van der Waals surface area contributed by atoms with E-state index in [1.165, 1.54) is 57.4 Å². The van der Waals surface area contributed by atoms with Crippen LogP contribution in [0.25, 0.3) is 0 Å². The van der Waals surface area contributed by atoms with Gasteiger partial charge in [-0.3, -0.25) is 0 Å². The van der Waals surface area contributed by atoms with Crippen LogP contribution in [-0.2, 0) is 0 Å². The van der Waals surface area contributed by atoms with Crippen LogP contribution in [0.5, 0.6) is 0 Å². The van der Waals surface area contributed by atoms with Crippen molar-refractivity contribution in [2.75, 3.05) is 25.1 Å². The van der Waals surface area contributed by atoms with Gasteiger partial charge in [-0.2, -0.15) is 11.8 Å². The number of rotatable bonds is 9. The van der Waals surface area contributed by atoms with Crippen LogP contribution in [0.3, 0.4) is 0 Å². The summed E-state index contributed by atoms with van der Waals surface area (Å²) < 4.78 is 0. The highest BCUT2D eigenvalue weighted by Gasteiger charge is 2.17. The van der Waals surface area contributed by atoms with Crippen molar-refractivity contribution in [3.05, 3.63) is 11.6 Å². The molecule has 0 amide bonds. The fraction of sp³-hybridized carbons (Fsp3) is 0.875. The molecule has 0 radical (unpaired) electrons. The molecule has 2 unspecified atom stereocenters. The highest BCUT2D eigenvalue weighted by atomic mass is 32.2. The van der Waals surface area contributed by atoms with Crippen molar-refractivity contribution in [2.24, 2.45) is 11.8 Å². The zero-order valence-corrected chi connectivity index (χ0v) is 13.3. The smallest absolute Gasteiger partial charge is 0.00172 e. The van der Waals surface area contributed by atoms with Crippen LogP contribution in [0.2, 0.25) is 0 Å². The topological polar surface area (TPSA) is 12.0 Å². The monoisotopic (exact) mass is 269 g/mol. The minimum atomic E-state index is 0.789. The second-order valence-corrected chi connectivity index (χ2v) is 6.89. The van der Waals surface area contributed by atoms with Crippen molar-refractivity contribution in [3.8, 4) is 0 Å². The summed E-state index contributed by atoms with van der Waals surface area (Å²) in [5.41, 5.74) is 1.60. The Morgan fingerprint density at radius 1 is 1.28 bits per heavy atom. The molecule has 0 saturated heterocycles. The lowest BCUT2D eigenvalue weighted by Crippen LogP contribution is -2.26. The van der Waals surface area contributed by atoms with Crippen molar-refractivity contribution in [3.63, 3.8) is 0 Å². The first-order valence-electron chi connectivity index (χ1n) is 7.59. The van der Waals surface area contributed by atoms with E-state index in [1.807, 2.05) is 11.8 Å². The van der Waals surface area contributed by atoms with Crippen LogP contribution in [0.1, 0.15) is 52.4 Å². The van der Waals surface area contributed by atoms with Gasteiger partial charge in [-0.1, -0.05) is 31.4 Å². The molecular formula is C16H31NS. The van der Waals surface area contributed by atoms with E-state index in [1.54, 1.807) is 5.57 Å². The molecule has 106 valence electrons. The van der Waals surface area contributed by atoms with Crippen molar-refractivity contribution in [1.82, 2.24) is 5.32 Å². The summed E-state index contributed by atoms with van der Waals surface area (Å²) in [5.74, 6) is 3.00. The highest BCUT2D eigenvalue weighted by molar-refractivity contribution is 7.98. The van der Waals surface area contributed by atoms with E-state index in [-0.39, 0.29) is 0 Å². The fourth-order valence-electron chi connectivity index (χ4n) is 3.00. The molecule has 0 spiro atoms. The number of allylic oxidation sites excluding steroid dienone is 2. The third-order valence-corrected chi connectivity index (χ3v) is 4.47. The summed E-state index contributed by atoms with van der Waals surface area (Å²) in [5, 5.41) is 3.65. The van der Waals surface area contributed by atoms with E-state index >= 15 is 0 Å². The van der Waals surface area contributed by atoms with Gasteiger partial charge in [-0.25, -0.2) is 0 Å². The first-order chi connectivity index (χ1) is 8.72. The van der Waals surface area contributed by atoms with Crippen molar-refractivity contribution < 1.29 is 0 Å². The largest absolute Gasteiger partial charge is 0.316 e. The van der Waals surface area contributed by atoms with Crippen molar-refractivity contribution >= 4 is 11.8 Å². The number of unbranched alkanes of at least 4 members (excludes halogenated alkanes) is 3. The third-order valence-electron chi connectivity index (χ3n) is 3.77. The molecule has 0 fully saturated rings. The van der Waals surface area contributed by atoms with Gasteiger partial charge in [0.2, 0.25) is 0 Å². The average molecular weight is 269 g/mol. The summed E-state index contributed by atoms with van der Waals surface area (Å²) in [4.78, 5) is 0. The Balaban J connectivity index is 1.93. The lowest BCUT2D eigenvalue weighted by Gasteiger charge is -2.25. The van der Waals surface area contributed by atoms with E-state index in [0.717, 1.165) is 11.8 Å². The molecule has 1 aliphatic carbocycles. The van der Waals surface area contributed by atoms with E-state index in [4.69, 9.17) is 0 Å². The second-order valence-electron chi connectivity index (χ2n) is 5.91. The van der Waals surface area contributed by atoms with Gasteiger partial charge in [0.15, 0.2) is 0 Å². The highest BCUT2D eigenvalue weighted by Crippen LogP contribution is 2.27. The Kier molecular flexibility index (Phi) is 8.87. The van der Waals surface area contributed by atoms with Crippen LogP contribution in [0, 0.1) is 11.8 Å². The minimum absolute atomic E-state index is 0.789. The molecule has 1 nitrogen and oxygen atoms in total. The van der Waals surface area contributed by atoms with E-state index in [9.17, 15) is 0 Å². The average Bonchev–Trinajstić information content (AvgIpc) is 2.31. The van der Waals surface area contributed by atoms with Crippen LogP contribution < -0.4 is 5.32 Å². The van der Waals surface area contributed by atoms with E-state index < -0.39 is 0 Å². The SMILES string of the molecule is CSCCCCCCNCC1CC(C)=CC(C)C1. The Morgan fingerprint density at radius 3 is 2.78 bits per heavy atom. The van der Waals surface area contributed by atoms with Gasteiger partial charge in [0.25, 0.3) is 0 Å². The lowest BCUT2D eigenvalue weighted by molar-refractivity contribution is 0.380. The predicted molar refractivity (Wildman–Crippen MR) is 85.4 cm³/mol. The van der Waals surface area contributed by atoms with Gasteiger partial charge in [0.05, 0.1) is 0 Å². The van der Waals surface area contributed by atoms with Crippen molar-refractivity contribution in [2.45, 2.75) is 52.4 Å². The van der Waals surface area contributed by atoms with Crippen LogP contribution in [0.15, 0.2) is 11.6 Å². The van der Waals surface area contributed by atoms with Crippen LogP contribution in [-0.4, -0.2) is 25.1 Å². The van der Waals surface area contributed by atoms with Gasteiger partial charge < -0.3 is 5.32 Å². The third kappa shape index (κ3) is 7.48. The molecule has 0 heterocycles. The molecule has 1 rings (SSSR count). The lowest BCUT2D eigenvalue weighted by atomic mass is 9.84. The Morgan fingerprint density at radius 2 is 2.06 bits per heavy atom. The molecule has 0 bridgehead atoms. The molecule has 1 aliphatic rings. The standard InChI is InChI=1S/C16H31NS/c1-14-10-15(2)12-16(11-14)13-17-8-6-4-5-7-9-18-3/h10,14,16-17H,4-9,11-13H2,1-3H3. The Hall–Kier alpha value is 0.0500. The zero-order chi connectivity index (χ0) is 13.2. The van der Waals surface area contributed by atoms with Gasteiger partial charge in [-0.05, 0) is 69.5 Å². The van der Waals surface area contributed by atoms with Crippen LogP contribution in [0.4, 0.5) is 0 Å². The number of nitrogens with one attached hydrogen (secondary N) is 1. The Labute approximate surface area is 118 Å². The summed E-state index contributed by atoms with van der Waals surface area (Å²) in [6.45, 7) is 7.07. The molecule has 18 heavy (non-hydrogen) atoms. The molecule has 0 aliphatic heterocycles. The van der Waals surface area contributed by atoms with Gasteiger partial charge >= 0.3 is 0 Å². The maximum atomic E-state index is 3.65. The summed E-state index contributed by atoms with van der Waals surface area (Å²) >= 11 is 1.97. The molecule has 0 aromatic heterocycles. The first-order valence-corrected chi connectivity index (χ1v) is 8.98. The van der Waals surface area contributed by atoms with Crippen LogP contribution >= 0.6 is 11.8 Å². The molecule has 0 aromatic rings. The molecule has 1 N–H and O–H groups in total. The summed E-state index contributed by atoms with van der Waals surface area (Å²) in [6, 6.07) is 0. The summed E-state index contributed by atoms with van der Waals surface area (Å²) in [7, 11) is 0. The molecule has 0 saturated carbocycles. The fourth-order valence-corrected chi connectivity index (χ4v) is 3.49. The normalized spacial score (nSPS) is 24.1. The molecule has 2 heteroatoms.